The molecule has 0 aliphatic carbocycles. The van der Waals surface area contributed by atoms with E-state index >= 15 is 0 Å². The molecular weight excluding hydrogens is 298 g/mol. The summed E-state index contributed by atoms with van der Waals surface area (Å²) in [5.74, 6) is 1.89. The number of ether oxygens (including phenoxy) is 1. The Morgan fingerprint density at radius 2 is 2.18 bits per heavy atom. The smallest absolute Gasteiger partial charge is 0.150 e. The van der Waals surface area contributed by atoms with Gasteiger partial charge in [0, 0.05) is 18.7 Å². The van der Waals surface area contributed by atoms with Crippen LogP contribution in [0.4, 0.5) is 0 Å². The Kier molecular flexibility index (Phi) is 6.03. The van der Waals surface area contributed by atoms with Crippen LogP contribution in [0.2, 0.25) is 0 Å². The maximum absolute atomic E-state index is 11.5. The van der Waals surface area contributed by atoms with Crippen LogP contribution in [0.15, 0.2) is 36.9 Å². The summed E-state index contributed by atoms with van der Waals surface area (Å²) in [4.78, 5) is 2.29. The van der Waals surface area contributed by atoms with Gasteiger partial charge >= 0.3 is 0 Å². The minimum Gasteiger partial charge on any atom is -0.496 e. The predicted molar refractivity (Wildman–Crippen MR) is 89.8 cm³/mol. The third-order valence-electron chi connectivity index (χ3n) is 4.15. The van der Waals surface area contributed by atoms with Crippen molar-refractivity contribution in [3.63, 3.8) is 0 Å². The Morgan fingerprint density at radius 3 is 2.82 bits per heavy atom. The number of methoxy groups -OCH3 is 1. The number of nitrogens with zero attached hydrogens (tertiary/aromatic N) is 1. The molecule has 0 radical (unpaired) electrons. The monoisotopic (exact) mass is 323 g/mol. The van der Waals surface area contributed by atoms with Crippen molar-refractivity contribution in [2.45, 2.75) is 19.4 Å². The summed E-state index contributed by atoms with van der Waals surface area (Å²) in [7, 11) is -1.10. The van der Waals surface area contributed by atoms with Crippen LogP contribution < -0.4 is 4.74 Å². The third kappa shape index (κ3) is 4.85. The summed E-state index contributed by atoms with van der Waals surface area (Å²) in [6.07, 6.45) is 3.61. The van der Waals surface area contributed by atoms with E-state index < -0.39 is 9.84 Å². The third-order valence-corrected chi connectivity index (χ3v) is 5.99. The highest BCUT2D eigenvalue weighted by Gasteiger charge is 2.27. The maximum Gasteiger partial charge on any atom is 0.150 e. The van der Waals surface area contributed by atoms with Gasteiger partial charge in [0.1, 0.15) is 5.75 Å². The summed E-state index contributed by atoms with van der Waals surface area (Å²) >= 11 is 0. The zero-order chi connectivity index (χ0) is 16.0. The molecule has 1 aliphatic rings. The molecule has 1 aromatic rings. The fraction of sp³-hybridized carbons (Fsp3) is 0.529. The molecule has 0 aromatic heterocycles. The molecular formula is C17H25NO3S. The van der Waals surface area contributed by atoms with E-state index in [2.05, 4.69) is 17.5 Å². The Morgan fingerprint density at radius 1 is 1.41 bits per heavy atom. The van der Waals surface area contributed by atoms with Crippen molar-refractivity contribution in [1.82, 2.24) is 4.90 Å². The van der Waals surface area contributed by atoms with Crippen LogP contribution in [0.3, 0.4) is 0 Å². The highest BCUT2D eigenvalue weighted by molar-refractivity contribution is 7.91. The van der Waals surface area contributed by atoms with Crippen molar-refractivity contribution < 1.29 is 13.2 Å². The van der Waals surface area contributed by atoms with Crippen molar-refractivity contribution in [3.05, 3.63) is 42.5 Å². The molecule has 4 nitrogen and oxygen atoms in total. The van der Waals surface area contributed by atoms with E-state index in [0.717, 1.165) is 43.8 Å². The molecule has 1 aliphatic heterocycles. The molecule has 1 unspecified atom stereocenters. The lowest BCUT2D eigenvalue weighted by atomic mass is 10.0. The minimum absolute atomic E-state index is 0.301. The van der Waals surface area contributed by atoms with Crippen molar-refractivity contribution in [1.29, 1.82) is 0 Å². The van der Waals surface area contributed by atoms with Gasteiger partial charge in [-0.2, -0.15) is 0 Å². The lowest BCUT2D eigenvalue weighted by molar-refractivity contribution is 0.268. The topological polar surface area (TPSA) is 46.6 Å². The van der Waals surface area contributed by atoms with Crippen molar-refractivity contribution in [3.8, 4) is 5.75 Å². The number of para-hydroxylation sites is 1. The molecule has 1 saturated heterocycles. The SMILES string of the molecule is C=CCN(CCC1CCS(=O)(=O)C1)Cc1ccccc1OC. The first-order valence-corrected chi connectivity index (χ1v) is 9.52. The van der Waals surface area contributed by atoms with E-state index in [1.807, 2.05) is 24.3 Å². The highest BCUT2D eigenvalue weighted by Crippen LogP contribution is 2.23. The molecule has 5 heteroatoms. The van der Waals surface area contributed by atoms with Gasteiger partial charge in [-0.15, -0.1) is 6.58 Å². The Bertz CT molecular complexity index is 598. The van der Waals surface area contributed by atoms with Gasteiger partial charge in [-0.05, 0) is 31.4 Å². The zero-order valence-corrected chi connectivity index (χ0v) is 14.0. The molecule has 0 amide bonds. The summed E-state index contributed by atoms with van der Waals surface area (Å²) in [6.45, 7) is 6.27. The first-order chi connectivity index (χ1) is 10.5. The Hall–Kier alpha value is -1.33. The van der Waals surface area contributed by atoms with Crippen LogP contribution in [-0.4, -0.2) is 45.0 Å². The van der Waals surface area contributed by atoms with Crippen molar-refractivity contribution in [2.24, 2.45) is 5.92 Å². The second kappa shape index (κ2) is 7.79. The van der Waals surface area contributed by atoms with Crippen molar-refractivity contribution in [2.75, 3.05) is 31.7 Å². The molecule has 0 saturated carbocycles. The zero-order valence-electron chi connectivity index (χ0n) is 13.2. The lowest BCUT2D eigenvalue weighted by Gasteiger charge is -2.23. The van der Waals surface area contributed by atoms with E-state index in [4.69, 9.17) is 4.74 Å². The largest absolute Gasteiger partial charge is 0.496 e. The fourth-order valence-electron chi connectivity index (χ4n) is 2.96. The summed E-state index contributed by atoms with van der Waals surface area (Å²) in [6, 6.07) is 8.00. The first kappa shape index (κ1) is 17.0. The van der Waals surface area contributed by atoms with E-state index in [1.165, 1.54) is 0 Å². The highest BCUT2D eigenvalue weighted by atomic mass is 32.2. The predicted octanol–water partition coefficient (Wildman–Crippen LogP) is 2.51. The number of benzene rings is 1. The summed E-state index contributed by atoms with van der Waals surface area (Å²) in [5, 5.41) is 0. The summed E-state index contributed by atoms with van der Waals surface area (Å²) in [5.41, 5.74) is 1.14. The van der Waals surface area contributed by atoms with Gasteiger partial charge in [0.2, 0.25) is 0 Å². The lowest BCUT2D eigenvalue weighted by Crippen LogP contribution is -2.26. The molecule has 1 heterocycles. The molecule has 1 aromatic carbocycles. The maximum atomic E-state index is 11.5. The van der Waals surface area contributed by atoms with Gasteiger partial charge in [-0.1, -0.05) is 24.3 Å². The molecule has 22 heavy (non-hydrogen) atoms. The molecule has 1 fully saturated rings. The average Bonchev–Trinajstić information content (AvgIpc) is 2.85. The van der Waals surface area contributed by atoms with Crippen LogP contribution in [0.25, 0.3) is 0 Å². The molecule has 0 bridgehead atoms. The van der Waals surface area contributed by atoms with E-state index in [9.17, 15) is 8.42 Å². The fourth-order valence-corrected chi connectivity index (χ4v) is 4.87. The Balaban J connectivity index is 1.94. The molecule has 2 rings (SSSR count). The number of sulfone groups is 1. The van der Waals surface area contributed by atoms with Gasteiger partial charge in [0.05, 0.1) is 18.6 Å². The van der Waals surface area contributed by atoms with Gasteiger partial charge in [-0.3, -0.25) is 4.90 Å². The van der Waals surface area contributed by atoms with E-state index in [-0.39, 0.29) is 0 Å². The van der Waals surface area contributed by atoms with Crippen LogP contribution in [0, 0.1) is 5.92 Å². The Labute approximate surface area is 133 Å². The quantitative estimate of drug-likeness (QED) is 0.690. The van der Waals surface area contributed by atoms with Crippen LogP contribution in [0.1, 0.15) is 18.4 Å². The van der Waals surface area contributed by atoms with Gasteiger partial charge in [0.15, 0.2) is 9.84 Å². The van der Waals surface area contributed by atoms with Crippen LogP contribution in [0.5, 0.6) is 5.75 Å². The van der Waals surface area contributed by atoms with E-state index in [1.54, 1.807) is 7.11 Å². The minimum atomic E-state index is -2.78. The average molecular weight is 323 g/mol. The molecule has 1 atom stereocenters. The second-order valence-corrected chi connectivity index (χ2v) is 8.12. The second-order valence-electron chi connectivity index (χ2n) is 5.89. The molecule has 0 spiro atoms. The van der Waals surface area contributed by atoms with Gasteiger partial charge in [0.25, 0.3) is 0 Å². The normalized spacial score (nSPS) is 20.2. The summed E-state index contributed by atoms with van der Waals surface area (Å²) < 4.78 is 28.5. The molecule has 122 valence electrons. The number of hydrogen-bond acceptors (Lipinski definition) is 4. The number of rotatable bonds is 8. The first-order valence-electron chi connectivity index (χ1n) is 7.69. The standard InChI is InChI=1S/C17H25NO3S/c1-3-10-18(11-8-15-9-12-22(19,20)14-15)13-16-6-4-5-7-17(16)21-2/h3-7,15H,1,8-14H2,2H3. The van der Waals surface area contributed by atoms with Gasteiger partial charge in [-0.25, -0.2) is 8.42 Å². The number of hydrogen-bond donors (Lipinski definition) is 0. The van der Waals surface area contributed by atoms with Crippen LogP contribution >= 0.6 is 0 Å². The van der Waals surface area contributed by atoms with Crippen LogP contribution in [-0.2, 0) is 16.4 Å². The van der Waals surface area contributed by atoms with Gasteiger partial charge < -0.3 is 4.74 Å². The molecule has 0 N–H and O–H groups in total. The van der Waals surface area contributed by atoms with E-state index in [0.29, 0.717) is 17.4 Å². The van der Waals surface area contributed by atoms with Crippen molar-refractivity contribution >= 4 is 9.84 Å².